The van der Waals surface area contributed by atoms with E-state index in [4.69, 9.17) is 37.4 Å². The molecule has 1 aromatic heterocycles. The van der Waals surface area contributed by atoms with Crippen LogP contribution in [-0.4, -0.2) is 31.1 Å². The lowest BCUT2D eigenvalue weighted by atomic mass is 10.1. The fourth-order valence-electron chi connectivity index (χ4n) is 2.77. The Hall–Kier alpha value is -3.03. The average molecular weight is 436 g/mol. The number of carbonyl (C=O) groups excluding carboxylic acids is 2. The predicted octanol–water partition coefficient (Wildman–Crippen LogP) is 3.91. The molecular formula is C20H15Cl2NO6. The Balaban J connectivity index is 2.04. The van der Waals surface area contributed by atoms with Crippen LogP contribution in [0.4, 0.5) is 0 Å². The Labute approximate surface area is 175 Å². The third kappa shape index (κ3) is 4.36. The van der Waals surface area contributed by atoms with E-state index in [2.05, 4.69) is 4.98 Å². The van der Waals surface area contributed by atoms with Crippen LogP contribution >= 0.6 is 23.2 Å². The number of pyridine rings is 1. The number of methoxy groups -OCH3 is 2. The molecule has 7 nitrogen and oxygen atoms in total. The van der Waals surface area contributed by atoms with Gasteiger partial charge in [0.15, 0.2) is 0 Å². The summed E-state index contributed by atoms with van der Waals surface area (Å²) in [6.07, 6.45) is -1.44. The van der Waals surface area contributed by atoms with Crippen molar-refractivity contribution in [1.29, 1.82) is 0 Å². The molecular weight excluding hydrogens is 421 g/mol. The van der Waals surface area contributed by atoms with Gasteiger partial charge in [0.2, 0.25) is 11.7 Å². The molecule has 3 aromatic rings. The van der Waals surface area contributed by atoms with Gasteiger partial charge in [-0.3, -0.25) is 4.79 Å². The highest BCUT2D eigenvalue weighted by molar-refractivity contribution is 6.35. The SMILES string of the molecule is COC(=O)C(OC(=O)c1cc(=O)[nH]c2cc(OC)ccc12)c1ccc(Cl)cc1Cl. The highest BCUT2D eigenvalue weighted by atomic mass is 35.5. The van der Waals surface area contributed by atoms with E-state index in [9.17, 15) is 14.4 Å². The first-order valence-corrected chi connectivity index (χ1v) is 9.04. The fourth-order valence-corrected chi connectivity index (χ4v) is 3.27. The summed E-state index contributed by atoms with van der Waals surface area (Å²) in [4.78, 5) is 39.8. The molecule has 0 bridgehead atoms. The number of nitrogens with one attached hydrogen (secondary N) is 1. The number of esters is 2. The van der Waals surface area contributed by atoms with Crippen LogP contribution in [0.2, 0.25) is 10.0 Å². The molecule has 0 aliphatic rings. The largest absolute Gasteiger partial charge is 0.497 e. The summed E-state index contributed by atoms with van der Waals surface area (Å²) in [7, 11) is 2.64. The minimum atomic E-state index is -1.44. The number of hydrogen-bond acceptors (Lipinski definition) is 6. The Morgan fingerprint density at radius 2 is 1.79 bits per heavy atom. The summed E-state index contributed by atoms with van der Waals surface area (Å²) >= 11 is 12.0. The van der Waals surface area contributed by atoms with E-state index in [0.717, 1.165) is 13.2 Å². The van der Waals surface area contributed by atoms with E-state index in [-0.39, 0.29) is 16.1 Å². The summed E-state index contributed by atoms with van der Waals surface area (Å²) in [5.41, 5.74) is 0.0391. The number of aromatic nitrogens is 1. The zero-order valence-electron chi connectivity index (χ0n) is 15.3. The van der Waals surface area contributed by atoms with E-state index in [0.29, 0.717) is 21.7 Å². The second kappa shape index (κ2) is 8.55. The maximum Gasteiger partial charge on any atom is 0.352 e. The van der Waals surface area contributed by atoms with Crippen LogP contribution in [0.15, 0.2) is 47.3 Å². The van der Waals surface area contributed by atoms with Crippen LogP contribution in [-0.2, 0) is 14.3 Å². The van der Waals surface area contributed by atoms with Gasteiger partial charge >= 0.3 is 11.9 Å². The monoisotopic (exact) mass is 435 g/mol. The molecule has 0 spiro atoms. The molecule has 2 aromatic carbocycles. The molecule has 3 rings (SSSR count). The fraction of sp³-hybridized carbons (Fsp3) is 0.150. The van der Waals surface area contributed by atoms with Gasteiger partial charge in [0.25, 0.3) is 0 Å². The van der Waals surface area contributed by atoms with E-state index in [1.807, 2.05) is 0 Å². The van der Waals surface area contributed by atoms with E-state index in [1.165, 1.54) is 25.3 Å². The second-order valence-corrected chi connectivity index (χ2v) is 6.78. The molecule has 1 atom stereocenters. The smallest absolute Gasteiger partial charge is 0.352 e. The first-order chi connectivity index (χ1) is 13.8. The maximum absolute atomic E-state index is 12.9. The molecule has 0 saturated carbocycles. The highest BCUT2D eigenvalue weighted by Crippen LogP contribution is 2.31. The van der Waals surface area contributed by atoms with E-state index >= 15 is 0 Å². The standard InChI is InChI=1S/C20H15Cl2NO6/c1-27-11-4-6-12-14(9-17(24)23-16(12)8-11)19(25)29-18(20(26)28-2)13-5-3-10(21)7-15(13)22/h3-9,18H,1-2H3,(H,23,24). The van der Waals surface area contributed by atoms with Gasteiger partial charge in [0, 0.05) is 33.1 Å². The third-order valence-corrected chi connectivity index (χ3v) is 4.72. The molecule has 1 heterocycles. The number of ether oxygens (including phenoxy) is 3. The zero-order valence-corrected chi connectivity index (χ0v) is 16.8. The third-order valence-electron chi connectivity index (χ3n) is 4.16. The lowest BCUT2D eigenvalue weighted by Crippen LogP contribution is -2.22. The lowest BCUT2D eigenvalue weighted by Gasteiger charge is -2.18. The lowest BCUT2D eigenvalue weighted by molar-refractivity contribution is -0.151. The van der Waals surface area contributed by atoms with Crippen LogP contribution in [0.5, 0.6) is 5.75 Å². The van der Waals surface area contributed by atoms with Crippen molar-refractivity contribution in [3.05, 3.63) is 74.0 Å². The summed E-state index contributed by atoms with van der Waals surface area (Å²) < 4.78 is 15.3. The molecule has 1 unspecified atom stereocenters. The van der Waals surface area contributed by atoms with Crippen molar-refractivity contribution in [3.63, 3.8) is 0 Å². The predicted molar refractivity (Wildman–Crippen MR) is 108 cm³/mol. The molecule has 0 amide bonds. The van der Waals surface area contributed by atoms with Crippen LogP contribution in [0.1, 0.15) is 22.0 Å². The molecule has 1 N–H and O–H groups in total. The number of fused-ring (bicyclic) bond motifs is 1. The van der Waals surface area contributed by atoms with Crippen molar-refractivity contribution in [1.82, 2.24) is 4.98 Å². The highest BCUT2D eigenvalue weighted by Gasteiger charge is 2.29. The molecule has 0 aliphatic heterocycles. The maximum atomic E-state index is 12.9. The van der Waals surface area contributed by atoms with Gasteiger partial charge in [-0.15, -0.1) is 0 Å². The number of aromatic amines is 1. The summed E-state index contributed by atoms with van der Waals surface area (Å²) in [6.45, 7) is 0. The zero-order chi connectivity index (χ0) is 21.1. The Kier molecular flexibility index (Phi) is 6.10. The van der Waals surface area contributed by atoms with Crippen molar-refractivity contribution >= 4 is 46.0 Å². The van der Waals surface area contributed by atoms with Crippen LogP contribution in [0.25, 0.3) is 10.9 Å². The number of H-pyrrole nitrogens is 1. The molecule has 150 valence electrons. The van der Waals surface area contributed by atoms with Crippen molar-refractivity contribution in [2.45, 2.75) is 6.10 Å². The minimum Gasteiger partial charge on any atom is -0.497 e. The molecule has 0 fully saturated rings. The molecule has 0 aliphatic carbocycles. The number of halogens is 2. The van der Waals surface area contributed by atoms with Gasteiger partial charge in [-0.1, -0.05) is 29.3 Å². The normalized spacial score (nSPS) is 11.7. The Bertz CT molecular complexity index is 1160. The van der Waals surface area contributed by atoms with Crippen molar-refractivity contribution in [3.8, 4) is 5.75 Å². The van der Waals surface area contributed by atoms with Gasteiger partial charge in [-0.2, -0.15) is 0 Å². The second-order valence-electron chi connectivity index (χ2n) is 5.93. The Morgan fingerprint density at radius 1 is 1.03 bits per heavy atom. The number of carbonyl (C=O) groups is 2. The van der Waals surface area contributed by atoms with Gasteiger partial charge in [0.05, 0.1) is 25.3 Å². The molecule has 9 heteroatoms. The van der Waals surface area contributed by atoms with Crippen molar-refractivity contribution < 1.29 is 23.8 Å². The number of rotatable bonds is 5. The van der Waals surface area contributed by atoms with Crippen LogP contribution < -0.4 is 10.3 Å². The van der Waals surface area contributed by atoms with Crippen LogP contribution in [0, 0.1) is 0 Å². The van der Waals surface area contributed by atoms with Gasteiger partial charge in [0.1, 0.15) is 5.75 Å². The summed E-state index contributed by atoms with van der Waals surface area (Å²) in [6, 6.07) is 10.3. The van der Waals surface area contributed by atoms with Gasteiger partial charge in [-0.25, -0.2) is 9.59 Å². The number of benzene rings is 2. The Morgan fingerprint density at radius 3 is 2.45 bits per heavy atom. The average Bonchev–Trinajstić information content (AvgIpc) is 2.70. The van der Waals surface area contributed by atoms with Gasteiger partial charge in [-0.05, 0) is 24.3 Å². The minimum absolute atomic E-state index is 0.0228. The van der Waals surface area contributed by atoms with Crippen molar-refractivity contribution in [2.24, 2.45) is 0 Å². The summed E-state index contributed by atoms with van der Waals surface area (Å²) in [5, 5.41) is 0.894. The summed E-state index contributed by atoms with van der Waals surface area (Å²) in [5.74, 6) is -1.23. The number of hydrogen-bond donors (Lipinski definition) is 1. The first-order valence-electron chi connectivity index (χ1n) is 8.29. The molecule has 0 saturated heterocycles. The molecule has 0 radical (unpaired) electrons. The molecule has 29 heavy (non-hydrogen) atoms. The first kappa shape index (κ1) is 20.7. The van der Waals surface area contributed by atoms with E-state index < -0.39 is 23.6 Å². The van der Waals surface area contributed by atoms with Crippen molar-refractivity contribution in [2.75, 3.05) is 14.2 Å². The van der Waals surface area contributed by atoms with Gasteiger partial charge < -0.3 is 19.2 Å². The van der Waals surface area contributed by atoms with E-state index in [1.54, 1.807) is 18.2 Å². The quantitative estimate of drug-likeness (QED) is 0.610. The topological polar surface area (TPSA) is 94.7 Å². The van der Waals surface area contributed by atoms with Crippen LogP contribution in [0.3, 0.4) is 0 Å².